The predicted molar refractivity (Wildman–Crippen MR) is 0 cm³/mol. The van der Waals surface area contributed by atoms with Crippen LogP contribution in [0.25, 0.3) is 0 Å². The van der Waals surface area contributed by atoms with Crippen molar-refractivity contribution in [2.75, 3.05) is 0 Å². The van der Waals surface area contributed by atoms with Crippen molar-refractivity contribution < 1.29 is 219 Å². The Morgan fingerprint density at radius 2 is 0.200 bits per heavy atom. The monoisotopic (exact) mass is 1290 g/mol. The standard InChI is InChI=1S/6IO3.U/c6*2-1(3)4;/q6*-1;. The van der Waals surface area contributed by atoms with E-state index in [4.69, 9.17) is 61.8 Å². The summed E-state index contributed by atoms with van der Waals surface area (Å²) < 4.78 is 154. The average Bonchev–Trinajstić information content (AvgIpc) is 2.08. The van der Waals surface area contributed by atoms with Crippen molar-refractivity contribution in [3.05, 3.63) is 0 Å². The molecule has 0 aliphatic rings. The van der Waals surface area contributed by atoms with Crippen LogP contribution < -0.4 is 188 Å². The normalized spacial score (nSPS) is 8.64. The van der Waals surface area contributed by atoms with Crippen molar-refractivity contribution in [1.82, 2.24) is 0 Å². The van der Waals surface area contributed by atoms with Crippen molar-refractivity contribution >= 4 is 0 Å². The molecule has 0 atom stereocenters. The van der Waals surface area contributed by atoms with E-state index < -0.39 is 126 Å². The van der Waals surface area contributed by atoms with E-state index in [2.05, 4.69) is 0 Å². The van der Waals surface area contributed by atoms with E-state index in [1.165, 1.54) is 0 Å². The first-order chi connectivity index (χ1) is 10.4. The van der Waals surface area contributed by atoms with Gasteiger partial charge in [0.25, 0.3) is 126 Å². The van der Waals surface area contributed by atoms with E-state index in [1.54, 1.807) is 0 Å². The summed E-state index contributed by atoms with van der Waals surface area (Å²) in [7, 11) is 0. The van der Waals surface area contributed by atoms with Gasteiger partial charge >= 0.3 is 0 Å². The second kappa shape index (κ2) is 42.7. The largest absolute Gasteiger partial charge is 0.427 e. The van der Waals surface area contributed by atoms with Crippen molar-refractivity contribution in [2.45, 2.75) is 0 Å². The molecule has 25 heavy (non-hydrogen) atoms. The first-order valence-electron chi connectivity index (χ1n) is 2.78. The van der Waals surface area contributed by atoms with Gasteiger partial charge in [-0.2, -0.15) is 0 Å². The molecule has 0 unspecified atom stereocenters. The predicted octanol–water partition coefficient (Wildman–Crippen LogP) is -39.4. The Bertz CT molecular complexity index is 101. The maximum absolute atomic E-state index is 8.57. The molecule has 160 valence electrons. The van der Waals surface area contributed by atoms with Gasteiger partial charge in [-0.3, -0.25) is 0 Å². The third kappa shape index (κ3) is 923. The van der Waals surface area contributed by atoms with Gasteiger partial charge in [-0.25, -0.2) is 0 Å². The molecule has 25 heteroatoms. The average molecular weight is 1290 g/mol. The van der Waals surface area contributed by atoms with Gasteiger partial charge in [0.05, 0.1) is 0 Å². The summed E-state index contributed by atoms with van der Waals surface area (Å²) in [5.74, 6) is 0. The summed E-state index contributed by atoms with van der Waals surface area (Å²) in [5.41, 5.74) is 0. The minimum atomic E-state index is -4.01. The van der Waals surface area contributed by atoms with E-state index in [0.717, 1.165) is 0 Å². The molecule has 18 nitrogen and oxygen atoms in total. The number of halogens is 6. The number of hydrogen-bond acceptors (Lipinski definition) is 18. The molecule has 0 aromatic rings. The fourth-order valence-electron chi connectivity index (χ4n) is 0. The Morgan fingerprint density at radius 3 is 0.200 bits per heavy atom. The summed E-state index contributed by atoms with van der Waals surface area (Å²) in [4.78, 5) is 0. The summed E-state index contributed by atoms with van der Waals surface area (Å²) in [5, 5.41) is 0. The number of rotatable bonds is 0. The quantitative estimate of drug-likeness (QED) is 0.203. The van der Waals surface area contributed by atoms with Gasteiger partial charge in [0.2, 0.25) is 0 Å². The van der Waals surface area contributed by atoms with Crippen LogP contribution in [0.5, 0.6) is 0 Å². The Kier molecular flexibility index (Phi) is 81.2. The van der Waals surface area contributed by atoms with Gasteiger partial charge in [-0.05, 0) is 0 Å². The third-order valence-electron chi connectivity index (χ3n) is 0. The zero-order chi connectivity index (χ0) is 21.5. The zero-order valence-corrected chi connectivity index (χ0v) is 27.2. The van der Waals surface area contributed by atoms with Crippen LogP contribution in [0.2, 0.25) is 0 Å². The topological polar surface area (TPSA) is 415 Å². The maximum Gasteiger partial charge on any atom is 0.282 e. The van der Waals surface area contributed by atoms with Gasteiger partial charge in [-0.1, -0.05) is 0 Å². The van der Waals surface area contributed by atoms with Crippen LogP contribution in [0.4, 0.5) is 0 Å². The van der Waals surface area contributed by atoms with Crippen LogP contribution in [-0.2, 0) is 0 Å². The van der Waals surface area contributed by atoms with Crippen molar-refractivity contribution in [1.29, 1.82) is 0 Å². The molecule has 0 radical (unpaired) electrons. The van der Waals surface area contributed by atoms with E-state index in [0.29, 0.717) is 0 Å². The molecule has 0 aromatic heterocycles. The zero-order valence-electron chi connectivity index (χ0n) is 10.1. The van der Waals surface area contributed by atoms with Gasteiger partial charge in [0.1, 0.15) is 0 Å². The van der Waals surface area contributed by atoms with Crippen LogP contribution in [0.15, 0.2) is 0 Å². The minimum Gasteiger partial charge on any atom is -0.427 e. The smallest absolute Gasteiger partial charge is 0.282 e. The van der Waals surface area contributed by atoms with E-state index in [9.17, 15) is 0 Å². The van der Waals surface area contributed by atoms with Gasteiger partial charge < -0.3 is 61.8 Å². The van der Waals surface area contributed by atoms with Crippen molar-refractivity contribution in [3.63, 3.8) is 0 Å². The molecule has 0 rings (SSSR count). The van der Waals surface area contributed by atoms with Gasteiger partial charge in [0.15, 0.2) is 0 Å². The fourth-order valence-corrected chi connectivity index (χ4v) is 0. The molecule has 0 fully saturated rings. The molecule has 0 amide bonds. The van der Waals surface area contributed by atoms with Gasteiger partial charge in [-0.15, -0.1) is 0 Å². The van der Waals surface area contributed by atoms with E-state index >= 15 is 0 Å². The van der Waals surface area contributed by atoms with Gasteiger partial charge in [0, 0.05) is 31.1 Å². The molecule has 0 aromatic carbocycles. The first-order valence-corrected chi connectivity index (χ1v) is 18.6. The molecule has 0 N–H and O–H groups in total. The Hall–Kier alpha value is 4.71. The Labute approximate surface area is 215 Å². The molecule has 0 bridgehead atoms. The van der Waals surface area contributed by atoms with E-state index in [-0.39, 0.29) is 31.1 Å². The van der Waals surface area contributed by atoms with Crippen LogP contribution >= 0.6 is 0 Å². The Morgan fingerprint density at radius 1 is 0.200 bits per heavy atom. The summed E-state index contributed by atoms with van der Waals surface area (Å²) in [6.45, 7) is 0. The first kappa shape index (κ1) is 47.5. The molecular formula is I6O18U-6. The third-order valence-corrected chi connectivity index (χ3v) is 0. The fraction of sp³-hybridized carbons (Fsp3) is 0. The molecule has 0 heterocycles. The summed E-state index contributed by atoms with van der Waals surface area (Å²) >= 11 is -24.1. The second-order valence-corrected chi connectivity index (χ2v) is 7.61. The molecule has 0 saturated carbocycles. The van der Waals surface area contributed by atoms with Crippen LogP contribution in [0.1, 0.15) is 0 Å². The van der Waals surface area contributed by atoms with Crippen molar-refractivity contribution in [2.24, 2.45) is 0 Å². The summed E-state index contributed by atoms with van der Waals surface area (Å²) in [6, 6.07) is 0. The minimum absolute atomic E-state index is 0. The number of hydrogen-bond donors (Lipinski definition) is 0. The van der Waals surface area contributed by atoms with Crippen LogP contribution in [0, 0.1) is 31.1 Å². The van der Waals surface area contributed by atoms with Crippen LogP contribution in [0.3, 0.4) is 0 Å². The molecule has 0 spiro atoms. The second-order valence-electron chi connectivity index (χ2n) is 1.13. The maximum atomic E-state index is 8.57. The molecule has 0 aliphatic heterocycles. The molecule has 0 aliphatic carbocycles. The Balaban J connectivity index is -0.0000000309. The van der Waals surface area contributed by atoms with Crippen LogP contribution in [-0.4, -0.2) is 0 Å². The summed E-state index contributed by atoms with van der Waals surface area (Å²) in [6.07, 6.45) is 0. The van der Waals surface area contributed by atoms with Crippen molar-refractivity contribution in [3.8, 4) is 0 Å². The SMILES string of the molecule is [O-][I+2]([O-])[O-].[O-][I+2]([O-])[O-].[O-][I+2]([O-])[O-].[O-][I+2]([O-])[O-].[O-][I+2]([O-])[O-].[O-][I+2]([O-])[O-].[U]. The molecular weight excluding hydrogens is 1290 g/mol. The van der Waals surface area contributed by atoms with E-state index in [1.807, 2.05) is 0 Å². The molecule has 0 saturated heterocycles.